The summed E-state index contributed by atoms with van der Waals surface area (Å²) >= 11 is 0. The minimum absolute atomic E-state index is 0.0658. The molecule has 3 rings (SSSR count). The number of nitrogens with zero attached hydrogens (tertiary/aromatic N) is 1. The molecular formula is C15H17N3O2. The van der Waals surface area contributed by atoms with Crippen molar-refractivity contribution < 1.29 is 9.32 Å². The van der Waals surface area contributed by atoms with Crippen LogP contribution >= 0.6 is 0 Å². The Kier molecular flexibility index (Phi) is 3.28. The van der Waals surface area contributed by atoms with Crippen LogP contribution in [0.5, 0.6) is 0 Å². The Morgan fingerprint density at radius 1 is 1.40 bits per heavy atom. The van der Waals surface area contributed by atoms with Crippen LogP contribution in [0.4, 0.5) is 5.88 Å². The standard InChI is InChI=1S/C15H17N3O2/c1-9-10(2)18-20-15(9)17-14(19)13-8-16-7-11-5-3-4-6-12(11)13/h3-6,13,16H,7-8H2,1-2H3,(H,17,19). The second-order valence-corrected chi connectivity index (χ2v) is 5.09. The van der Waals surface area contributed by atoms with E-state index < -0.39 is 0 Å². The predicted octanol–water partition coefficient (Wildman–Crippen LogP) is 2.12. The number of rotatable bonds is 2. The summed E-state index contributed by atoms with van der Waals surface area (Å²) in [6, 6.07) is 8.02. The number of fused-ring (bicyclic) bond motifs is 1. The third kappa shape index (κ3) is 2.20. The molecule has 1 aliphatic rings. The number of hydrogen-bond donors (Lipinski definition) is 2. The Balaban J connectivity index is 1.84. The molecule has 0 radical (unpaired) electrons. The molecule has 2 N–H and O–H groups in total. The zero-order valence-corrected chi connectivity index (χ0v) is 11.6. The van der Waals surface area contributed by atoms with Gasteiger partial charge < -0.3 is 9.84 Å². The van der Waals surface area contributed by atoms with Gasteiger partial charge in [-0.15, -0.1) is 0 Å². The highest BCUT2D eigenvalue weighted by Crippen LogP contribution is 2.26. The van der Waals surface area contributed by atoms with Crippen LogP contribution in [-0.4, -0.2) is 17.6 Å². The Morgan fingerprint density at radius 2 is 2.20 bits per heavy atom. The van der Waals surface area contributed by atoms with Crippen molar-refractivity contribution in [3.63, 3.8) is 0 Å². The van der Waals surface area contributed by atoms with Gasteiger partial charge >= 0.3 is 0 Å². The average molecular weight is 271 g/mol. The summed E-state index contributed by atoms with van der Waals surface area (Å²) in [5, 5.41) is 9.96. The predicted molar refractivity (Wildman–Crippen MR) is 75.5 cm³/mol. The maximum atomic E-state index is 12.5. The van der Waals surface area contributed by atoms with Gasteiger partial charge in [0.2, 0.25) is 11.8 Å². The number of amides is 1. The van der Waals surface area contributed by atoms with Crippen molar-refractivity contribution in [2.24, 2.45) is 0 Å². The van der Waals surface area contributed by atoms with Crippen LogP contribution in [-0.2, 0) is 11.3 Å². The van der Waals surface area contributed by atoms with Crippen LogP contribution < -0.4 is 10.6 Å². The molecule has 1 atom stereocenters. The lowest BCUT2D eigenvalue weighted by atomic mass is 9.90. The fourth-order valence-electron chi connectivity index (χ4n) is 2.46. The molecule has 0 fully saturated rings. The minimum Gasteiger partial charge on any atom is -0.338 e. The van der Waals surface area contributed by atoms with E-state index in [4.69, 9.17) is 4.52 Å². The van der Waals surface area contributed by atoms with E-state index in [0.29, 0.717) is 12.4 Å². The molecule has 20 heavy (non-hydrogen) atoms. The van der Waals surface area contributed by atoms with E-state index in [-0.39, 0.29) is 11.8 Å². The Morgan fingerprint density at radius 3 is 2.95 bits per heavy atom. The van der Waals surface area contributed by atoms with Gasteiger partial charge in [-0.25, -0.2) is 0 Å². The maximum Gasteiger partial charge on any atom is 0.235 e. The first-order chi connectivity index (χ1) is 9.66. The summed E-state index contributed by atoms with van der Waals surface area (Å²) in [5.41, 5.74) is 3.92. The van der Waals surface area contributed by atoms with Gasteiger partial charge in [-0.05, 0) is 25.0 Å². The quantitative estimate of drug-likeness (QED) is 0.878. The van der Waals surface area contributed by atoms with E-state index in [9.17, 15) is 4.79 Å². The number of carbonyl (C=O) groups excluding carboxylic acids is 1. The lowest BCUT2D eigenvalue weighted by Gasteiger charge is -2.25. The number of carbonyl (C=O) groups is 1. The van der Waals surface area contributed by atoms with E-state index in [1.54, 1.807) is 0 Å². The van der Waals surface area contributed by atoms with Gasteiger partial charge in [-0.3, -0.25) is 10.1 Å². The average Bonchev–Trinajstić information content (AvgIpc) is 2.78. The van der Waals surface area contributed by atoms with Crippen molar-refractivity contribution in [3.05, 3.63) is 46.6 Å². The molecule has 2 aromatic rings. The van der Waals surface area contributed by atoms with Gasteiger partial charge in [0.15, 0.2) is 0 Å². The van der Waals surface area contributed by atoms with E-state index in [1.807, 2.05) is 38.1 Å². The first kappa shape index (κ1) is 12.9. The van der Waals surface area contributed by atoms with Crippen molar-refractivity contribution in [1.82, 2.24) is 10.5 Å². The topological polar surface area (TPSA) is 67.2 Å². The highest BCUT2D eigenvalue weighted by Gasteiger charge is 2.27. The van der Waals surface area contributed by atoms with Crippen molar-refractivity contribution in [2.75, 3.05) is 11.9 Å². The third-order valence-corrected chi connectivity index (χ3v) is 3.80. The Bertz CT molecular complexity index is 648. The number of anilines is 1. The number of benzene rings is 1. The highest BCUT2D eigenvalue weighted by atomic mass is 16.5. The summed E-state index contributed by atoms with van der Waals surface area (Å²) in [6.07, 6.45) is 0. The SMILES string of the molecule is Cc1noc(NC(=O)C2CNCc3ccccc32)c1C. The van der Waals surface area contributed by atoms with Gasteiger partial charge in [0.1, 0.15) is 0 Å². The normalized spacial score (nSPS) is 17.6. The summed E-state index contributed by atoms with van der Waals surface area (Å²) in [4.78, 5) is 12.5. The number of hydrogen-bond acceptors (Lipinski definition) is 4. The van der Waals surface area contributed by atoms with E-state index >= 15 is 0 Å². The molecule has 104 valence electrons. The second-order valence-electron chi connectivity index (χ2n) is 5.09. The molecule has 1 amide bonds. The molecule has 1 aromatic heterocycles. The fraction of sp³-hybridized carbons (Fsp3) is 0.333. The van der Waals surface area contributed by atoms with Crippen LogP contribution in [0, 0.1) is 13.8 Å². The fourth-order valence-corrected chi connectivity index (χ4v) is 2.46. The molecule has 1 aromatic carbocycles. The molecule has 0 saturated carbocycles. The number of nitrogens with one attached hydrogen (secondary N) is 2. The molecule has 0 spiro atoms. The molecule has 0 saturated heterocycles. The first-order valence-electron chi connectivity index (χ1n) is 6.69. The van der Waals surface area contributed by atoms with Gasteiger partial charge in [0.25, 0.3) is 0 Å². The largest absolute Gasteiger partial charge is 0.338 e. The maximum absolute atomic E-state index is 12.5. The molecule has 2 heterocycles. The number of aromatic nitrogens is 1. The molecule has 0 aliphatic carbocycles. The molecule has 5 nitrogen and oxygen atoms in total. The molecule has 1 aliphatic heterocycles. The lowest BCUT2D eigenvalue weighted by Crippen LogP contribution is -2.35. The monoisotopic (exact) mass is 271 g/mol. The van der Waals surface area contributed by atoms with Crippen LogP contribution in [0.3, 0.4) is 0 Å². The first-order valence-corrected chi connectivity index (χ1v) is 6.69. The second kappa shape index (κ2) is 5.09. The van der Waals surface area contributed by atoms with Crippen molar-refractivity contribution in [2.45, 2.75) is 26.3 Å². The van der Waals surface area contributed by atoms with E-state index in [0.717, 1.165) is 23.4 Å². The molecule has 0 bridgehead atoms. The van der Waals surface area contributed by atoms with Crippen LogP contribution in [0.15, 0.2) is 28.8 Å². The zero-order chi connectivity index (χ0) is 14.1. The summed E-state index contributed by atoms with van der Waals surface area (Å²) in [6.45, 7) is 5.18. The van der Waals surface area contributed by atoms with Crippen molar-refractivity contribution in [3.8, 4) is 0 Å². The smallest absolute Gasteiger partial charge is 0.235 e. The lowest BCUT2D eigenvalue weighted by molar-refractivity contribution is -0.117. The van der Waals surface area contributed by atoms with Crippen LogP contribution in [0.25, 0.3) is 0 Å². The molecule has 1 unspecified atom stereocenters. The highest BCUT2D eigenvalue weighted by molar-refractivity contribution is 5.96. The summed E-state index contributed by atoms with van der Waals surface area (Å²) < 4.78 is 5.14. The third-order valence-electron chi connectivity index (χ3n) is 3.80. The molecule has 5 heteroatoms. The summed E-state index contributed by atoms with van der Waals surface area (Å²) in [5.74, 6) is 0.171. The van der Waals surface area contributed by atoms with Crippen molar-refractivity contribution in [1.29, 1.82) is 0 Å². The van der Waals surface area contributed by atoms with Crippen LogP contribution in [0.2, 0.25) is 0 Å². The van der Waals surface area contributed by atoms with Gasteiger partial charge in [0.05, 0.1) is 11.6 Å². The number of aryl methyl sites for hydroxylation is 1. The van der Waals surface area contributed by atoms with Crippen molar-refractivity contribution >= 4 is 11.8 Å². The van der Waals surface area contributed by atoms with Crippen LogP contribution in [0.1, 0.15) is 28.3 Å². The van der Waals surface area contributed by atoms with E-state index in [1.165, 1.54) is 5.56 Å². The summed E-state index contributed by atoms with van der Waals surface area (Å²) in [7, 11) is 0. The van der Waals surface area contributed by atoms with E-state index in [2.05, 4.69) is 15.8 Å². The zero-order valence-electron chi connectivity index (χ0n) is 11.6. The van der Waals surface area contributed by atoms with Gasteiger partial charge in [-0.1, -0.05) is 29.4 Å². The van der Waals surface area contributed by atoms with Gasteiger partial charge in [-0.2, -0.15) is 0 Å². The molecular weight excluding hydrogens is 254 g/mol. The Hall–Kier alpha value is -2.14. The Labute approximate surface area is 117 Å². The minimum atomic E-state index is -0.204. The van der Waals surface area contributed by atoms with Gasteiger partial charge in [0, 0.05) is 18.7 Å².